The van der Waals surface area contributed by atoms with Crippen molar-refractivity contribution in [1.29, 1.82) is 0 Å². The highest BCUT2D eigenvalue weighted by molar-refractivity contribution is 6.29. The van der Waals surface area contributed by atoms with Gasteiger partial charge in [-0.1, -0.05) is 30.9 Å². The third-order valence-corrected chi connectivity index (χ3v) is 4.46. The molecular weight excluding hydrogens is 302 g/mol. The molecule has 7 heteroatoms. The molecule has 0 bridgehead atoms. The summed E-state index contributed by atoms with van der Waals surface area (Å²) in [6.07, 6.45) is 5.93. The summed E-state index contributed by atoms with van der Waals surface area (Å²) in [4.78, 5) is 16.2. The Hall–Kier alpha value is -1.82. The van der Waals surface area contributed by atoms with Crippen LogP contribution >= 0.6 is 11.6 Å². The first-order chi connectivity index (χ1) is 10.5. The van der Waals surface area contributed by atoms with Crippen LogP contribution < -0.4 is 15.5 Å². The van der Waals surface area contributed by atoms with Crippen LogP contribution in [0.2, 0.25) is 5.15 Å². The first kappa shape index (κ1) is 15.1. The molecule has 0 aromatic carbocycles. The van der Waals surface area contributed by atoms with Gasteiger partial charge in [-0.3, -0.25) is 4.79 Å². The number of anilines is 1. The molecule has 2 aromatic rings. The fraction of sp³-hybridized carbons (Fsp3) is 0.533. The topological polar surface area (TPSA) is 74.8 Å². The predicted octanol–water partition coefficient (Wildman–Crippen LogP) is 2.90. The molecule has 1 fully saturated rings. The Bertz CT molecular complexity index is 733. The molecule has 0 atom stereocenters. The Morgan fingerprint density at radius 3 is 2.77 bits per heavy atom. The molecule has 2 aromatic heterocycles. The van der Waals surface area contributed by atoms with Crippen LogP contribution in [0.25, 0.3) is 5.78 Å². The van der Waals surface area contributed by atoms with Gasteiger partial charge in [-0.25, -0.2) is 5.73 Å². The van der Waals surface area contributed by atoms with Crippen LogP contribution in [-0.2, 0) is 0 Å². The molecule has 0 saturated heterocycles. The average molecular weight is 322 g/mol. The second kappa shape index (κ2) is 5.76. The Morgan fingerprint density at radius 2 is 2.14 bits per heavy atom. The summed E-state index contributed by atoms with van der Waals surface area (Å²) < 4.78 is 3.17. The van der Waals surface area contributed by atoms with E-state index in [1.54, 1.807) is 4.40 Å². The second-order valence-electron chi connectivity index (χ2n) is 5.87. The van der Waals surface area contributed by atoms with Gasteiger partial charge in [-0.2, -0.15) is 8.97 Å². The first-order valence-electron chi connectivity index (χ1n) is 7.61. The number of halogens is 1. The Morgan fingerprint density at radius 1 is 1.45 bits per heavy atom. The number of hydrogen-bond acceptors (Lipinski definition) is 3. The van der Waals surface area contributed by atoms with Gasteiger partial charge >= 0.3 is 5.78 Å². The van der Waals surface area contributed by atoms with Crippen molar-refractivity contribution in [2.24, 2.45) is 0 Å². The van der Waals surface area contributed by atoms with Gasteiger partial charge in [0.2, 0.25) is 11.6 Å². The van der Waals surface area contributed by atoms with Gasteiger partial charge in [-0.05, 0) is 19.8 Å². The van der Waals surface area contributed by atoms with Crippen molar-refractivity contribution in [1.82, 2.24) is 15.3 Å². The molecule has 2 heterocycles. The number of imidazole rings is 1. The van der Waals surface area contributed by atoms with Crippen LogP contribution in [0.15, 0.2) is 6.07 Å². The largest absolute Gasteiger partial charge is 0.341 e. The van der Waals surface area contributed by atoms with Crippen LogP contribution in [0, 0.1) is 6.92 Å². The molecule has 0 amide bonds. The molecule has 3 rings (SSSR count). The Balaban J connectivity index is 2.16. The summed E-state index contributed by atoms with van der Waals surface area (Å²) in [7, 11) is 0. The lowest BCUT2D eigenvalue weighted by atomic mass is 9.95. The quantitative estimate of drug-likeness (QED) is 0.682. The Kier molecular flexibility index (Phi) is 3.95. The molecular formula is C15H20ClN5O+. The predicted molar refractivity (Wildman–Crippen MR) is 84.7 cm³/mol. The van der Waals surface area contributed by atoms with E-state index in [-0.39, 0.29) is 16.9 Å². The van der Waals surface area contributed by atoms with E-state index in [0.29, 0.717) is 11.8 Å². The van der Waals surface area contributed by atoms with Gasteiger partial charge in [-0.15, -0.1) is 4.98 Å². The van der Waals surface area contributed by atoms with Gasteiger partial charge in [0.1, 0.15) is 5.69 Å². The second-order valence-corrected chi connectivity index (χ2v) is 6.25. The standard InChI is InChI=1S/C15H20ClN5O/c1-9-14(18-11-6-4-3-5-7-11)21-13(17)8-12(16)19-15(21)20(9)10(2)22/h8,11,17-18H,3-7H2,1-2H3/q+1. The number of carbonyl (C=O) groups excluding carboxylic acids is 1. The van der Waals surface area contributed by atoms with Crippen LogP contribution in [-0.4, -0.2) is 21.5 Å². The zero-order chi connectivity index (χ0) is 15.9. The van der Waals surface area contributed by atoms with E-state index < -0.39 is 0 Å². The van der Waals surface area contributed by atoms with Crippen molar-refractivity contribution >= 4 is 34.9 Å². The summed E-state index contributed by atoms with van der Waals surface area (Å²) in [5.41, 5.74) is 8.95. The van der Waals surface area contributed by atoms with Gasteiger partial charge in [0, 0.05) is 13.0 Å². The maximum absolute atomic E-state index is 12.0. The minimum atomic E-state index is -0.138. The molecule has 22 heavy (non-hydrogen) atoms. The summed E-state index contributed by atoms with van der Waals surface area (Å²) >= 11 is 5.96. The van der Waals surface area contributed by atoms with Crippen molar-refractivity contribution in [2.45, 2.75) is 52.0 Å². The van der Waals surface area contributed by atoms with Gasteiger partial charge < -0.3 is 5.32 Å². The highest BCUT2D eigenvalue weighted by atomic mass is 35.5. The molecule has 1 aliphatic carbocycles. The fourth-order valence-electron chi connectivity index (χ4n) is 3.24. The number of nitrogens with one attached hydrogen (secondary N) is 2. The van der Waals surface area contributed by atoms with Gasteiger partial charge in [0.05, 0.1) is 6.04 Å². The number of hydrogen-bond donors (Lipinski definition) is 1. The van der Waals surface area contributed by atoms with Crippen LogP contribution in [0.4, 0.5) is 11.6 Å². The third kappa shape index (κ3) is 2.52. The molecule has 0 unspecified atom stereocenters. The number of fused-ring (bicyclic) bond motifs is 1. The molecule has 117 valence electrons. The van der Waals surface area contributed by atoms with Crippen LogP contribution in [0.3, 0.4) is 0 Å². The van der Waals surface area contributed by atoms with Gasteiger partial charge in [0.25, 0.3) is 5.91 Å². The van der Waals surface area contributed by atoms with Crippen molar-refractivity contribution in [3.8, 4) is 0 Å². The van der Waals surface area contributed by atoms with E-state index in [9.17, 15) is 4.79 Å². The third-order valence-electron chi connectivity index (χ3n) is 4.27. The number of carbonyl (C=O) groups is 1. The fourth-order valence-corrected chi connectivity index (χ4v) is 3.42. The van der Waals surface area contributed by atoms with E-state index in [4.69, 9.17) is 17.3 Å². The van der Waals surface area contributed by atoms with Crippen molar-refractivity contribution in [3.63, 3.8) is 0 Å². The van der Waals surface area contributed by atoms with E-state index in [2.05, 4.69) is 10.3 Å². The minimum Gasteiger partial charge on any atom is -0.326 e. The lowest BCUT2D eigenvalue weighted by Crippen LogP contribution is -2.32. The zero-order valence-electron chi connectivity index (χ0n) is 12.8. The zero-order valence-corrected chi connectivity index (χ0v) is 13.6. The Labute approximate surface area is 134 Å². The number of nitrogens with zero attached hydrogens (tertiary/aromatic N) is 3. The molecule has 2 N–H and O–H groups in total. The van der Waals surface area contributed by atoms with Crippen molar-refractivity contribution in [3.05, 3.63) is 16.9 Å². The molecule has 1 aliphatic rings. The van der Waals surface area contributed by atoms with Crippen LogP contribution in [0.5, 0.6) is 0 Å². The van der Waals surface area contributed by atoms with Crippen molar-refractivity contribution < 1.29 is 9.20 Å². The SMILES string of the molecule is CC(=O)n1c(C)c(NC2CCCCC2)[n+]2c([NH])cc(Cl)nc12. The lowest BCUT2D eigenvalue weighted by Gasteiger charge is -2.21. The summed E-state index contributed by atoms with van der Waals surface area (Å²) in [6, 6.07) is 1.87. The molecule has 1 saturated carbocycles. The average Bonchev–Trinajstić information content (AvgIpc) is 2.72. The monoisotopic (exact) mass is 321 g/mol. The van der Waals surface area contributed by atoms with Gasteiger partial charge in [0.15, 0.2) is 5.15 Å². The van der Waals surface area contributed by atoms with E-state index in [0.717, 1.165) is 24.4 Å². The van der Waals surface area contributed by atoms with Crippen LogP contribution in [0.1, 0.15) is 49.5 Å². The molecule has 0 aliphatic heterocycles. The summed E-state index contributed by atoms with van der Waals surface area (Å²) in [6.45, 7) is 3.36. The normalized spacial score (nSPS) is 16.1. The highest BCUT2D eigenvalue weighted by Gasteiger charge is 2.28. The molecule has 1 radical (unpaired) electrons. The summed E-state index contributed by atoms with van der Waals surface area (Å²) in [5.74, 6) is 1.24. The lowest BCUT2D eigenvalue weighted by molar-refractivity contribution is -0.484. The maximum atomic E-state index is 12.0. The molecule has 0 spiro atoms. The van der Waals surface area contributed by atoms with Crippen molar-refractivity contribution in [2.75, 3.05) is 5.32 Å². The number of aromatic nitrogens is 3. The number of rotatable bonds is 2. The maximum Gasteiger partial charge on any atom is 0.341 e. The smallest absolute Gasteiger partial charge is 0.326 e. The molecule has 6 nitrogen and oxygen atoms in total. The summed E-state index contributed by atoms with van der Waals surface area (Å²) in [5, 5.41) is 3.73. The van der Waals surface area contributed by atoms with E-state index in [1.807, 2.05) is 6.92 Å². The van der Waals surface area contributed by atoms with E-state index >= 15 is 0 Å². The minimum absolute atomic E-state index is 0.138. The van der Waals surface area contributed by atoms with E-state index in [1.165, 1.54) is 36.8 Å². The first-order valence-corrected chi connectivity index (χ1v) is 7.99. The highest BCUT2D eigenvalue weighted by Crippen LogP contribution is 2.24.